The maximum atomic E-state index is 9.72. The summed E-state index contributed by atoms with van der Waals surface area (Å²) < 4.78 is 5.49. The zero-order chi connectivity index (χ0) is 13.2. The number of nitrogens with zero attached hydrogens (tertiary/aromatic N) is 2. The average molecular weight is 260 g/mol. The van der Waals surface area contributed by atoms with E-state index in [9.17, 15) is 5.11 Å². The third-order valence-electron chi connectivity index (χ3n) is 3.91. The van der Waals surface area contributed by atoms with Gasteiger partial charge in [0.05, 0.1) is 12.6 Å². The molecule has 1 N–H and O–H groups in total. The summed E-state index contributed by atoms with van der Waals surface area (Å²) in [6.07, 6.45) is 3.75. The molecule has 4 nitrogen and oxygen atoms in total. The number of rotatable bonds is 3. The fourth-order valence-electron chi connectivity index (χ4n) is 2.93. The van der Waals surface area contributed by atoms with Gasteiger partial charge in [-0.15, -0.1) is 0 Å². The van der Waals surface area contributed by atoms with Gasteiger partial charge in [0.1, 0.15) is 5.52 Å². The third-order valence-corrected chi connectivity index (χ3v) is 3.91. The SMILES string of the molecule is Cc1nc2cc(C(CO)N3CCCCC3)ccc2o1. The van der Waals surface area contributed by atoms with Crippen LogP contribution in [0.3, 0.4) is 0 Å². The Bertz CT molecular complexity index is 558. The highest BCUT2D eigenvalue weighted by Gasteiger charge is 2.22. The smallest absolute Gasteiger partial charge is 0.192 e. The van der Waals surface area contributed by atoms with E-state index < -0.39 is 0 Å². The van der Waals surface area contributed by atoms with Crippen LogP contribution < -0.4 is 0 Å². The lowest BCUT2D eigenvalue weighted by atomic mass is 10.0. The highest BCUT2D eigenvalue weighted by Crippen LogP contribution is 2.27. The summed E-state index contributed by atoms with van der Waals surface area (Å²) in [6.45, 7) is 4.15. The number of hydrogen-bond donors (Lipinski definition) is 1. The maximum absolute atomic E-state index is 9.72. The molecule has 0 bridgehead atoms. The molecule has 1 saturated heterocycles. The van der Waals surface area contributed by atoms with E-state index in [2.05, 4.69) is 9.88 Å². The van der Waals surface area contributed by atoms with Gasteiger partial charge in [0.25, 0.3) is 0 Å². The van der Waals surface area contributed by atoms with Crippen LogP contribution in [-0.4, -0.2) is 34.7 Å². The minimum absolute atomic E-state index is 0.0849. The van der Waals surface area contributed by atoms with Crippen LogP contribution in [0.25, 0.3) is 11.1 Å². The summed E-state index contributed by atoms with van der Waals surface area (Å²) in [5, 5.41) is 9.72. The van der Waals surface area contributed by atoms with Crippen LogP contribution in [0.4, 0.5) is 0 Å². The number of aromatic nitrogens is 1. The Kier molecular flexibility index (Phi) is 3.53. The van der Waals surface area contributed by atoms with Crippen molar-refractivity contribution in [3.05, 3.63) is 29.7 Å². The third kappa shape index (κ3) is 2.51. The molecule has 19 heavy (non-hydrogen) atoms. The molecule has 0 spiro atoms. The van der Waals surface area contributed by atoms with Crippen LogP contribution in [0, 0.1) is 6.92 Å². The van der Waals surface area contributed by atoms with E-state index in [1.54, 1.807) is 0 Å². The van der Waals surface area contributed by atoms with E-state index in [1.165, 1.54) is 19.3 Å². The zero-order valence-electron chi connectivity index (χ0n) is 11.3. The molecule has 3 rings (SSSR count). The van der Waals surface area contributed by atoms with Gasteiger partial charge in [-0.25, -0.2) is 4.98 Å². The molecule has 102 valence electrons. The number of likely N-dealkylation sites (tertiary alicyclic amines) is 1. The van der Waals surface area contributed by atoms with E-state index in [0.717, 1.165) is 29.8 Å². The van der Waals surface area contributed by atoms with Crippen molar-refractivity contribution in [3.8, 4) is 0 Å². The van der Waals surface area contributed by atoms with Crippen LogP contribution in [-0.2, 0) is 0 Å². The van der Waals surface area contributed by atoms with Crippen molar-refractivity contribution < 1.29 is 9.52 Å². The molecule has 0 saturated carbocycles. The topological polar surface area (TPSA) is 49.5 Å². The van der Waals surface area contributed by atoms with E-state index >= 15 is 0 Å². The number of piperidine rings is 1. The van der Waals surface area contributed by atoms with Crippen molar-refractivity contribution in [3.63, 3.8) is 0 Å². The highest BCUT2D eigenvalue weighted by atomic mass is 16.3. The summed E-state index contributed by atoms with van der Waals surface area (Å²) >= 11 is 0. The first-order chi connectivity index (χ1) is 9.28. The Morgan fingerprint density at radius 1 is 1.32 bits per heavy atom. The second-order valence-electron chi connectivity index (χ2n) is 5.26. The molecule has 1 aromatic heterocycles. The minimum atomic E-state index is 0.0849. The first kappa shape index (κ1) is 12.6. The van der Waals surface area contributed by atoms with Gasteiger partial charge in [-0.05, 0) is 43.6 Å². The van der Waals surface area contributed by atoms with Gasteiger partial charge < -0.3 is 9.52 Å². The van der Waals surface area contributed by atoms with Gasteiger partial charge in [-0.2, -0.15) is 0 Å². The van der Waals surface area contributed by atoms with Gasteiger partial charge in [0, 0.05) is 6.92 Å². The van der Waals surface area contributed by atoms with E-state index in [4.69, 9.17) is 4.42 Å². The first-order valence-corrected chi connectivity index (χ1v) is 7.00. The maximum Gasteiger partial charge on any atom is 0.192 e. The molecular weight excluding hydrogens is 240 g/mol. The zero-order valence-corrected chi connectivity index (χ0v) is 11.3. The fraction of sp³-hybridized carbons (Fsp3) is 0.533. The molecule has 1 atom stereocenters. The lowest BCUT2D eigenvalue weighted by Gasteiger charge is -2.33. The predicted octanol–water partition coefficient (Wildman–Crippen LogP) is 2.66. The quantitative estimate of drug-likeness (QED) is 0.921. The number of fused-ring (bicyclic) bond motifs is 1. The molecule has 4 heteroatoms. The molecule has 1 unspecified atom stereocenters. The molecule has 1 aliphatic rings. The number of aliphatic hydroxyl groups excluding tert-OH is 1. The highest BCUT2D eigenvalue weighted by molar-refractivity contribution is 5.73. The van der Waals surface area contributed by atoms with Crippen molar-refractivity contribution in [2.45, 2.75) is 32.2 Å². The second-order valence-corrected chi connectivity index (χ2v) is 5.26. The molecule has 2 aromatic rings. The summed E-state index contributed by atoms with van der Waals surface area (Å²) in [5.41, 5.74) is 2.83. The Morgan fingerprint density at radius 3 is 2.84 bits per heavy atom. The minimum Gasteiger partial charge on any atom is -0.441 e. The average Bonchev–Trinajstić information content (AvgIpc) is 2.80. The predicted molar refractivity (Wildman–Crippen MR) is 74.0 cm³/mol. The van der Waals surface area contributed by atoms with Crippen molar-refractivity contribution in [2.24, 2.45) is 0 Å². The van der Waals surface area contributed by atoms with Crippen molar-refractivity contribution in [2.75, 3.05) is 19.7 Å². The number of aryl methyl sites for hydroxylation is 1. The fourth-order valence-corrected chi connectivity index (χ4v) is 2.93. The Morgan fingerprint density at radius 2 is 2.11 bits per heavy atom. The molecule has 1 aromatic carbocycles. The molecule has 1 aliphatic heterocycles. The van der Waals surface area contributed by atoms with Crippen LogP contribution in [0.1, 0.15) is 36.8 Å². The van der Waals surface area contributed by atoms with E-state index in [0.29, 0.717) is 5.89 Å². The van der Waals surface area contributed by atoms with Gasteiger partial charge in [0.15, 0.2) is 11.5 Å². The largest absolute Gasteiger partial charge is 0.441 e. The summed E-state index contributed by atoms with van der Waals surface area (Å²) in [4.78, 5) is 6.74. The first-order valence-electron chi connectivity index (χ1n) is 7.00. The molecule has 2 heterocycles. The van der Waals surface area contributed by atoms with E-state index in [-0.39, 0.29) is 12.6 Å². The number of oxazole rings is 1. The van der Waals surface area contributed by atoms with Crippen LogP contribution >= 0.6 is 0 Å². The molecule has 0 amide bonds. The van der Waals surface area contributed by atoms with Crippen LogP contribution in [0.5, 0.6) is 0 Å². The second kappa shape index (κ2) is 5.31. The lowest BCUT2D eigenvalue weighted by Crippen LogP contribution is -2.35. The molecule has 0 aliphatic carbocycles. The van der Waals surface area contributed by atoms with Crippen molar-refractivity contribution >= 4 is 11.1 Å². The normalized spacial score (nSPS) is 18.8. The molecule has 1 fully saturated rings. The lowest BCUT2D eigenvalue weighted by molar-refractivity contribution is 0.104. The Balaban J connectivity index is 1.91. The summed E-state index contributed by atoms with van der Waals surface area (Å²) in [7, 11) is 0. The Labute approximate surface area is 113 Å². The van der Waals surface area contributed by atoms with Crippen molar-refractivity contribution in [1.82, 2.24) is 9.88 Å². The van der Waals surface area contributed by atoms with Crippen LogP contribution in [0.15, 0.2) is 22.6 Å². The summed E-state index contributed by atoms with van der Waals surface area (Å²) in [5.74, 6) is 0.686. The number of aliphatic hydroxyl groups is 1. The monoisotopic (exact) mass is 260 g/mol. The number of hydrogen-bond acceptors (Lipinski definition) is 4. The van der Waals surface area contributed by atoms with Crippen LogP contribution in [0.2, 0.25) is 0 Å². The van der Waals surface area contributed by atoms with Gasteiger partial charge in [-0.3, -0.25) is 4.90 Å². The van der Waals surface area contributed by atoms with Gasteiger partial charge >= 0.3 is 0 Å². The summed E-state index contributed by atoms with van der Waals surface area (Å²) in [6, 6.07) is 6.13. The number of benzene rings is 1. The Hall–Kier alpha value is -1.39. The molecule has 0 radical (unpaired) electrons. The van der Waals surface area contributed by atoms with E-state index in [1.807, 2.05) is 25.1 Å². The van der Waals surface area contributed by atoms with Crippen molar-refractivity contribution in [1.29, 1.82) is 0 Å². The van der Waals surface area contributed by atoms with Gasteiger partial charge in [0.2, 0.25) is 0 Å². The standard InChI is InChI=1S/C15H20N2O2/c1-11-16-13-9-12(5-6-15(13)19-11)14(10-18)17-7-3-2-4-8-17/h5-6,9,14,18H,2-4,7-8,10H2,1H3. The molecular formula is C15H20N2O2. The van der Waals surface area contributed by atoms with Gasteiger partial charge in [-0.1, -0.05) is 12.5 Å².